The van der Waals surface area contributed by atoms with Gasteiger partial charge in [0, 0.05) is 24.9 Å². The van der Waals surface area contributed by atoms with Gasteiger partial charge in [-0.25, -0.2) is 0 Å². The highest BCUT2D eigenvalue weighted by atomic mass is 16.3. The number of carbonyl (C=O) groups excluding carboxylic acids is 1. The summed E-state index contributed by atoms with van der Waals surface area (Å²) < 4.78 is 0. The first-order valence-electron chi connectivity index (χ1n) is 5.71. The fourth-order valence-corrected chi connectivity index (χ4v) is 1.59. The van der Waals surface area contributed by atoms with E-state index in [1.165, 1.54) is 6.08 Å². The van der Waals surface area contributed by atoms with E-state index in [0.717, 1.165) is 11.3 Å². The van der Waals surface area contributed by atoms with Gasteiger partial charge >= 0.3 is 0 Å². The van der Waals surface area contributed by atoms with Gasteiger partial charge in [-0.3, -0.25) is 4.79 Å². The Morgan fingerprint density at radius 1 is 1.17 bits per heavy atom. The summed E-state index contributed by atoms with van der Waals surface area (Å²) in [6.45, 7) is 1.00. The minimum absolute atomic E-state index is 0.0311. The Morgan fingerprint density at radius 3 is 2.17 bits per heavy atom. The van der Waals surface area contributed by atoms with Crippen molar-refractivity contribution in [2.24, 2.45) is 5.73 Å². The van der Waals surface area contributed by atoms with E-state index in [2.05, 4.69) is 0 Å². The fraction of sp³-hybridized carbons (Fsp3) is 0.308. The average molecular weight is 250 g/mol. The van der Waals surface area contributed by atoms with Gasteiger partial charge in [-0.05, 0) is 23.8 Å². The van der Waals surface area contributed by atoms with Crippen LogP contribution in [0.3, 0.4) is 0 Å². The van der Waals surface area contributed by atoms with Gasteiger partial charge in [-0.2, -0.15) is 0 Å². The van der Waals surface area contributed by atoms with Crippen molar-refractivity contribution in [3.8, 4) is 0 Å². The van der Waals surface area contributed by atoms with Gasteiger partial charge in [0.2, 0.25) is 5.91 Å². The molecule has 0 atom stereocenters. The molecule has 0 saturated heterocycles. The maximum absolute atomic E-state index is 10.6. The highest BCUT2D eigenvalue weighted by Gasteiger charge is 2.04. The van der Waals surface area contributed by atoms with Crippen LogP contribution < -0.4 is 10.6 Å². The predicted molar refractivity (Wildman–Crippen MR) is 71.1 cm³/mol. The largest absolute Gasteiger partial charge is 0.395 e. The summed E-state index contributed by atoms with van der Waals surface area (Å²) in [6, 6.07) is 7.42. The molecular formula is C13H18N2O3. The second kappa shape index (κ2) is 7.47. The van der Waals surface area contributed by atoms with Crippen LogP contribution in [-0.2, 0) is 4.79 Å². The summed E-state index contributed by atoms with van der Waals surface area (Å²) in [5.41, 5.74) is 6.79. The van der Waals surface area contributed by atoms with Crippen molar-refractivity contribution in [3.63, 3.8) is 0 Å². The number of amides is 1. The molecule has 1 amide bonds. The molecule has 0 aliphatic heterocycles. The Labute approximate surface area is 106 Å². The van der Waals surface area contributed by atoms with Gasteiger partial charge in [0.15, 0.2) is 0 Å². The highest BCUT2D eigenvalue weighted by Crippen LogP contribution is 2.15. The molecule has 0 radical (unpaired) electrons. The van der Waals surface area contributed by atoms with Crippen molar-refractivity contribution in [1.82, 2.24) is 0 Å². The number of rotatable bonds is 7. The lowest BCUT2D eigenvalue weighted by Gasteiger charge is -2.22. The highest BCUT2D eigenvalue weighted by molar-refractivity contribution is 5.90. The molecule has 0 heterocycles. The summed E-state index contributed by atoms with van der Waals surface area (Å²) in [4.78, 5) is 12.5. The van der Waals surface area contributed by atoms with Crippen LogP contribution in [0.2, 0.25) is 0 Å². The molecule has 18 heavy (non-hydrogen) atoms. The van der Waals surface area contributed by atoms with E-state index >= 15 is 0 Å². The molecule has 1 rings (SSSR count). The Kier molecular flexibility index (Phi) is 5.90. The van der Waals surface area contributed by atoms with E-state index in [1.807, 2.05) is 29.2 Å². The maximum Gasteiger partial charge on any atom is 0.241 e. The predicted octanol–water partition coefficient (Wildman–Crippen LogP) is -0.0239. The summed E-state index contributed by atoms with van der Waals surface area (Å²) >= 11 is 0. The van der Waals surface area contributed by atoms with E-state index in [1.54, 1.807) is 6.08 Å². The topological polar surface area (TPSA) is 86.8 Å². The van der Waals surface area contributed by atoms with Gasteiger partial charge < -0.3 is 20.8 Å². The maximum atomic E-state index is 10.6. The summed E-state index contributed by atoms with van der Waals surface area (Å²) in [5.74, 6) is -0.485. The van der Waals surface area contributed by atoms with Gasteiger partial charge in [0.1, 0.15) is 0 Å². The number of aliphatic hydroxyl groups is 2. The van der Waals surface area contributed by atoms with Crippen LogP contribution in [0.5, 0.6) is 0 Å². The Balaban J connectivity index is 2.76. The van der Waals surface area contributed by atoms with Crippen LogP contribution in [0.4, 0.5) is 5.69 Å². The molecule has 0 bridgehead atoms. The van der Waals surface area contributed by atoms with Gasteiger partial charge in [0.25, 0.3) is 0 Å². The van der Waals surface area contributed by atoms with Crippen LogP contribution in [0, 0.1) is 0 Å². The molecular weight excluding hydrogens is 232 g/mol. The Hall–Kier alpha value is -1.85. The molecule has 0 aliphatic carbocycles. The number of primary amides is 1. The van der Waals surface area contributed by atoms with Gasteiger partial charge in [0.05, 0.1) is 13.2 Å². The molecule has 0 unspecified atom stereocenters. The van der Waals surface area contributed by atoms with Gasteiger partial charge in [-0.1, -0.05) is 12.1 Å². The number of carbonyl (C=O) groups is 1. The van der Waals surface area contributed by atoms with E-state index < -0.39 is 5.91 Å². The molecule has 0 aromatic heterocycles. The summed E-state index contributed by atoms with van der Waals surface area (Å²) in [7, 11) is 0. The zero-order valence-electron chi connectivity index (χ0n) is 10.1. The zero-order chi connectivity index (χ0) is 13.4. The first kappa shape index (κ1) is 14.2. The minimum atomic E-state index is -0.485. The number of nitrogens with two attached hydrogens (primary N) is 1. The molecule has 5 nitrogen and oxygen atoms in total. The standard InChI is InChI=1S/C13H18N2O3/c14-13(18)6-3-11-1-4-12(5-2-11)15(7-9-16)8-10-17/h1-6,16-17H,7-10H2,(H2,14,18)/b6-3-. The molecule has 4 N–H and O–H groups in total. The lowest BCUT2D eigenvalue weighted by atomic mass is 10.2. The molecule has 1 aromatic carbocycles. The normalized spacial score (nSPS) is 10.8. The van der Waals surface area contributed by atoms with Crippen LogP contribution in [0.15, 0.2) is 30.3 Å². The Morgan fingerprint density at radius 2 is 1.72 bits per heavy atom. The van der Waals surface area contributed by atoms with Crippen molar-refractivity contribution in [2.75, 3.05) is 31.2 Å². The van der Waals surface area contributed by atoms with E-state index in [4.69, 9.17) is 15.9 Å². The quantitative estimate of drug-likeness (QED) is 0.593. The van der Waals surface area contributed by atoms with E-state index in [0.29, 0.717) is 13.1 Å². The third-order valence-corrected chi connectivity index (χ3v) is 2.44. The zero-order valence-corrected chi connectivity index (χ0v) is 10.1. The third-order valence-electron chi connectivity index (χ3n) is 2.44. The van der Waals surface area contributed by atoms with Crippen LogP contribution in [-0.4, -0.2) is 42.4 Å². The number of hydrogen-bond acceptors (Lipinski definition) is 4. The summed E-state index contributed by atoms with van der Waals surface area (Å²) in [5, 5.41) is 17.9. The second-order valence-electron chi connectivity index (χ2n) is 3.76. The first-order chi connectivity index (χ1) is 8.67. The number of benzene rings is 1. The summed E-state index contributed by atoms with van der Waals surface area (Å²) in [6.07, 6.45) is 2.93. The number of anilines is 1. The van der Waals surface area contributed by atoms with E-state index in [-0.39, 0.29) is 13.2 Å². The van der Waals surface area contributed by atoms with Crippen LogP contribution >= 0.6 is 0 Å². The van der Waals surface area contributed by atoms with Crippen molar-refractivity contribution < 1.29 is 15.0 Å². The number of nitrogens with zero attached hydrogens (tertiary/aromatic N) is 1. The van der Waals surface area contributed by atoms with Crippen LogP contribution in [0.25, 0.3) is 6.08 Å². The molecule has 0 saturated carbocycles. The Bertz CT molecular complexity index is 395. The van der Waals surface area contributed by atoms with Crippen molar-refractivity contribution in [2.45, 2.75) is 0 Å². The minimum Gasteiger partial charge on any atom is -0.395 e. The molecule has 0 aliphatic rings. The van der Waals surface area contributed by atoms with Crippen LogP contribution in [0.1, 0.15) is 5.56 Å². The average Bonchev–Trinajstić information content (AvgIpc) is 2.37. The smallest absolute Gasteiger partial charge is 0.241 e. The molecule has 98 valence electrons. The second-order valence-corrected chi connectivity index (χ2v) is 3.76. The SMILES string of the molecule is NC(=O)/C=C\c1ccc(N(CCO)CCO)cc1. The van der Waals surface area contributed by atoms with E-state index in [9.17, 15) is 4.79 Å². The number of hydrogen-bond donors (Lipinski definition) is 3. The molecule has 0 spiro atoms. The fourth-order valence-electron chi connectivity index (χ4n) is 1.59. The lowest BCUT2D eigenvalue weighted by Crippen LogP contribution is -2.29. The number of aliphatic hydroxyl groups excluding tert-OH is 2. The van der Waals surface area contributed by atoms with Crippen molar-refractivity contribution >= 4 is 17.7 Å². The van der Waals surface area contributed by atoms with Crippen molar-refractivity contribution in [1.29, 1.82) is 0 Å². The monoisotopic (exact) mass is 250 g/mol. The molecule has 1 aromatic rings. The van der Waals surface area contributed by atoms with Gasteiger partial charge in [-0.15, -0.1) is 0 Å². The lowest BCUT2D eigenvalue weighted by molar-refractivity contribution is -0.113. The van der Waals surface area contributed by atoms with Crippen molar-refractivity contribution in [3.05, 3.63) is 35.9 Å². The molecule has 0 fully saturated rings. The molecule has 5 heteroatoms. The third kappa shape index (κ3) is 4.57. The first-order valence-corrected chi connectivity index (χ1v) is 5.71.